The van der Waals surface area contributed by atoms with Crippen LogP contribution in [0.4, 0.5) is 5.69 Å². The molecule has 0 bridgehead atoms. The van der Waals surface area contributed by atoms with Gasteiger partial charge in [0.2, 0.25) is 5.91 Å². The minimum atomic E-state index is -1.98. The number of carbonyl (C=O) groups is 2. The highest BCUT2D eigenvalue weighted by atomic mass is 16.5. The van der Waals surface area contributed by atoms with Crippen molar-refractivity contribution in [1.29, 1.82) is 0 Å². The second-order valence-corrected chi connectivity index (χ2v) is 8.76. The number of amides is 2. The van der Waals surface area contributed by atoms with Crippen LogP contribution in [0.5, 0.6) is 0 Å². The van der Waals surface area contributed by atoms with Gasteiger partial charge in [-0.2, -0.15) is 0 Å². The highest BCUT2D eigenvalue weighted by Crippen LogP contribution is 2.37. The third-order valence-corrected chi connectivity index (χ3v) is 5.46. The molecule has 1 aromatic heterocycles. The van der Waals surface area contributed by atoms with Gasteiger partial charge in [-0.05, 0) is 30.7 Å². The molecule has 0 spiro atoms. The van der Waals surface area contributed by atoms with Crippen LogP contribution in [0.1, 0.15) is 31.5 Å². The smallest absolute Gasteiger partial charge is 0.366 e. The second-order valence-electron chi connectivity index (χ2n) is 8.76. The van der Waals surface area contributed by atoms with Crippen LogP contribution in [0, 0.1) is 12.3 Å². The van der Waals surface area contributed by atoms with Gasteiger partial charge >= 0.3 is 5.63 Å². The molecule has 0 fully saturated rings. The molecular formula is C24H27N3O5. The van der Waals surface area contributed by atoms with Crippen LogP contribution in [-0.2, 0) is 15.2 Å². The van der Waals surface area contributed by atoms with Crippen LogP contribution in [0.15, 0.2) is 57.8 Å². The van der Waals surface area contributed by atoms with E-state index in [9.17, 15) is 19.5 Å². The molecule has 0 saturated heterocycles. The van der Waals surface area contributed by atoms with Crippen molar-refractivity contribution < 1.29 is 19.2 Å². The van der Waals surface area contributed by atoms with E-state index in [1.807, 2.05) is 0 Å². The third-order valence-electron chi connectivity index (χ3n) is 5.46. The molecule has 0 aliphatic carbocycles. The van der Waals surface area contributed by atoms with E-state index in [-0.39, 0.29) is 12.3 Å². The Labute approximate surface area is 185 Å². The molecule has 0 saturated carbocycles. The van der Waals surface area contributed by atoms with Crippen molar-refractivity contribution in [3.05, 3.63) is 70.2 Å². The standard InChI is InChI=1S/C24H27N3O5/c1-15-19-13-17(11-12-18(19)20(28)32-26-15)25-21(29)24(31,16-9-7-6-8-10-16)14-23(2,3)22(30)27(4)5/h6-13,31H,14H2,1-5H3,(H,25,29). The van der Waals surface area contributed by atoms with Crippen LogP contribution in [0.3, 0.4) is 0 Å². The lowest BCUT2D eigenvalue weighted by Gasteiger charge is -2.36. The first-order chi connectivity index (χ1) is 15.0. The van der Waals surface area contributed by atoms with Gasteiger partial charge in [0.25, 0.3) is 5.91 Å². The lowest BCUT2D eigenvalue weighted by atomic mass is 9.75. The highest BCUT2D eigenvalue weighted by Gasteiger charge is 2.46. The van der Waals surface area contributed by atoms with Crippen LogP contribution >= 0.6 is 0 Å². The number of aryl methyl sites for hydroxylation is 1. The third kappa shape index (κ3) is 4.40. The SMILES string of the molecule is Cc1noc(=O)c2ccc(NC(=O)C(O)(CC(C)(C)C(=O)N(C)C)c3ccccc3)cc12. The Morgan fingerprint density at radius 1 is 1.09 bits per heavy atom. The molecule has 1 atom stereocenters. The van der Waals surface area contributed by atoms with Gasteiger partial charge in [-0.15, -0.1) is 0 Å². The summed E-state index contributed by atoms with van der Waals surface area (Å²) in [6.07, 6.45) is -0.134. The monoisotopic (exact) mass is 437 g/mol. The Kier molecular flexibility index (Phi) is 6.18. The fraction of sp³-hybridized carbons (Fsp3) is 0.333. The summed E-state index contributed by atoms with van der Waals surface area (Å²) < 4.78 is 4.73. The summed E-state index contributed by atoms with van der Waals surface area (Å²) in [6, 6.07) is 13.2. The molecule has 2 amide bonds. The number of aliphatic hydroxyl groups is 1. The van der Waals surface area contributed by atoms with Crippen molar-refractivity contribution in [2.75, 3.05) is 19.4 Å². The number of nitrogens with one attached hydrogen (secondary N) is 1. The summed E-state index contributed by atoms with van der Waals surface area (Å²) in [4.78, 5) is 39.4. The van der Waals surface area contributed by atoms with E-state index >= 15 is 0 Å². The number of anilines is 1. The van der Waals surface area contributed by atoms with Crippen LogP contribution in [-0.4, -0.2) is 41.1 Å². The topological polar surface area (TPSA) is 113 Å². The van der Waals surface area contributed by atoms with E-state index in [1.54, 1.807) is 77.3 Å². The van der Waals surface area contributed by atoms with Crippen molar-refractivity contribution in [2.24, 2.45) is 5.41 Å². The molecule has 2 aromatic carbocycles. The number of aromatic nitrogens is 1. The summed E-state index contributed by atoms with van der Waals surface area (Å²) in [7, 11) is 3.27. The maximum atomic E-state index is 13.4. The first-order valence-corrected chi connectivity index (χ1v) is 10.2. The zero-order valence-electron chi connectivity index (χ0n) is 18.8. The predicted molar refractivity (Wildman–Crippen MR) is 121 cm³/mol. The number of hydrogen-bond acceptors (Lipinski definition) is 6. The molecule has 2 N–H and O–H groups in total. The van der Waals surface area contributed by atoms with Crippen molar-refractivity contribution >= 4 is 28.3 Å². The quantitative estimate of drug-likeness (QED) is 0.613. The summed E-state index contributed by atoms with van der Waals surface area (Å²) in [5, 5.41) is 19.0. The number of benzene rings is 2. The van der Waals surface area contributed by atoms with E-state index in [0.717, 1.165) is 0 Å². The van der Waals surface area contributed by atoms with E-state index in [0.29, 0.717) is 27.7 Å². The minimum Gasteiger partial charge on any atom is -0.375 e. The zero-order valence-corrected chi connectivity index (χ0v) is 18.8. The first-order valence-electron chi connectivity index (χ1n) is 10.2. The number of carbonyl (C=O) groups excluding carboxylic acids is 2. The Morgan fingerprint density at radius 2 is 1.75 bits per heavy atom. The van der Waals surface area contributed by atoms with Gasteiger partial charge in [0, 0.05) is 37.0 Å². The average Bonchev–Trinajstić information content (AvgIpc) is 2.76. The van der Waals surface area contributed by atoms with E-state index < -0.39 is 22.5 Å². The fourth-order valence-corrected chi connectivity index (χ4v) is 3.89. The Morgan fingerprint density at radius 3 is 2.38 bits per heavy atom. The number of hydrogen-bond donors (Lipinski definition) is 2. The minimum absolute atomic E-state index is 0.134. The average molecular weight is 437 g/mol. The molecule has 0 aliphatic rings. The maximum absolute atomic E-state index is 13.4. The Hall–Kier alpha value is -3.52. The van der Waals surface area contributed by atoms with Gasteiger partial charge in [-0.1, -0.05) is 49.3 Å². The van der Waals surface area contributed by atoms with Crippen LogP contribution in [0.25, 0.3) is 10.8 Å². The molecule has 3 rings (SSSR count). The molecule has 1 heterocycles. The van der Waals surface area contributed by atoms with Gasteiger partial charge in [-0.3, -0.25) is 9.59 Å². The summed E-state index contributed by atoms with van der Waals surface area (Å²) in [5.41, 5.74) is -2.33. The summed E-state index contributed by atoms with van der Waals surface area (Å²) in [5.74, 6) is -0.893. The van der Waals surface area contributed by atoms with Gasteiger partial charge in [0.05, 0.1) is 11.1 Å². The number of fused-ring (bicyclic) bond motifs is 1. The van der Waals surface area contributed by atoms with Gasteiger partial charge < -0.3 is 19.8 Å². The van der Waals surface area contributed by atoms with E-state index in [1.165, 1.54) is 11.0 Å². The van der Waals surface area contributed by atoms with Gasteiger partial charge in [0.1, 0.15) is 0 Å². The van der Waals surface area contributed by atoms with Crippen LogP contribution < -0.4 is 10.9 Å². The van der Waals surface area contributed by atoms with Crippen LogP contribution in [0.2, 0.25) is 0 Å². The summed E-state index contributed by atoms with van der Waals surface area (Å²) >= 11 is 0. The first kappa shape index (κ1) is 23.1. The fourth-order valence-electron chi connectivity index (χ4n) is 3.89. The lowest BCUT2D eigenvalue weighted by Crippen LogP contribution is -2.47. The molecule has 32 heavy (non-hydrogen) atoms. The lowest BCUT2D eigenvalue weighted by molar-refractivity contribution is -0.147. The van der Waals surface area contributed by atoms with E-state index in [2.05, 4.69) is 10.5 Å². The van der Waals surface area contributed by atoms with Crippen molar-refractivity contribution in [2.45, 2.75) is 32.8 Å². The molecular weight excluding hydrogens is 410 g/mol. The largest absolute Gasteiger partial charge is 0.375 e. The zero-order chi connectivity index (χ0) is 23.7. The normalized spacial score (nSPS) is 13.4. The van der Waals surface area contributed by atoms with Crippen molar-refractivity contribution in [3.8, 4) is 0 Å². The molecule has 3 aromatic rings. The molecule has 0 aliphatic heterocycles. The maximum Gasteiger partial charge on any atom is 0.366 e. The van der Waals surface area contributed by atoms with Crippen molar-refractivity contribution in [3.63, 3.8) is 0 Å². The molecule has 8 nitrogen and oxygen atoms in total. The Balaban J connectivity index is 2.01. The molecule has 8 heteroatoms. The molecule has 0 radical (unpaired) electrons. The molecule has 168 valence electrons. The van der Waals surface area contributed by atoms with Gasteiger partial charge in [-0.25, -0.2) is 4.79 Å². The second kappa shape index (κ2) is 8.55. The highest BCUT2D eigenvalue weighted by molar-refractivity contribution is 6.00. The van der Waals surface area contributed by atoms with Crippen molar-refractivity contribution in [1.82, 2.24) is 10.1 Å². The number of rotatable bonds is 6. The Bertz CT molecular complexity index is 1220. The number of nitrogens with zero attached hydrogens (tertiary/aromatic N) is 2. The van der Waals surface area contributed by atoms with E-state index in [4.69, 9.17) is 4.52 Å². The molecule has 1 unspecified atom stereocenters. The summed E-state index contributed by atoms with van der Waals surface area (Å²) in [6.45, 7) is 5.08. The predicted octanol–water partition coefficient (Wildman–Crippen LogP) is 2.83. The van der Waals surface area contributed by atoms with Gasteiger partial charge in [0.15, 0.2) is 5.60 Å².